The normalized spacial score (nSPS) is 21.6. The minimum atomic E-state index is -0.614. The third-order valence-corrected chi connectivity index (χ3v) is 3.04. The van der Waals surface area contributed by atoms with Crippen LogP contribution in [0.4, 0.5) is 0 Å². The molecule has 0 aromatic rings. The molecule has 1 heterocycles. The summed E-state index contributed by atoms with van der Waals surface area (Å²) in [5.41, 5.74) is 0. The highest BCUT2D eigenvalue weighted by Gasteiger charge is 2.32. The molecule has 1 N–H and O–H groups in total. The highest BCUT2D eigenvalue weighted by molar-refractivity contribution is 5.87. The van der Waals surface area contributed by atoms with Gasteiger partial charge in [-0.05, 0) is 26.7 Å². The first-order chi connectivity index (χ1) is 8.60. The lowest BCUT2D eigenvalue weighted by Crippen LogP contribution is -2.49. The molecule has 1 amide bonds. The van der Waals surface area contributed by atoms with Gasteiger partial charge in [-0.25, -0.2) is 4.79 Å². The van der Waals surface area contributed by atoms with Gasteiger partial charge in [-0.3, -0.25) is 9.69 Å². The van der Waals surface area contributed by atoms with Crippen molar-refractivity contribution < 1.29 is 19.1 Å². The van der Waals surface area contributed by atoms with Gasteiger partial charge in [0.15, 0.2) is 0 Å². The first-order valence-electron chi connectivity index (χ1n) is 6.30. The van der Waals surface area contributed by atoms with Crippen molar-refractivity contribution in [3.63, 3.8) is 0 Å². The molecule has 1 aliphatic rings. The molecule has 1 aliphatic heterocycles. The summed E-state index contributed by atoms with van der Waals surface area (Å²) in [6.45, 7) is 5.48. The second-order valence-electron chi connectivity index (χ2n) is 4.35. The van der Waals surface area contributed by atoms with Crippen LogP contribution in [0.2, 0.25) is 0 Å². The Hall–Kier alpha value is -1.14. The van der Waals surface area contributed by atoms with Crippen LogP contribution in [-0.4, -0.2) is 55.9 Å². The molecule has 0 unspecified atom stereocenters. The van der Waals surface area contributed by atoms with Gasteiger partial charge in [0.1, 0.15) is 6.04 Å². The molecule has 1 rings (SSSR count). The van der Waals surface area contributed by atoms with Gasteiger partial charge in [-0.2, -0.15) is 0 Å². The van der Waals surface area contributed by atoms with Gasteiger partial charge in [0.05, 0.1) is 19.9 Å². The second kappa shape index (κ2) is 7.33. The topological polar surface area (TPSA) is 67.9 Å². The van der Waals surface area contributed by atoms with Crippen LogP contribution in [0.1, 0.15) is 26.7 Å². The number of carbonyl (C=O) groups is 2. The van der Waals surface area contributed by atoms with Crippen LogP contribution in [0, 0.1) is 0 Å². The van der Waals surface area contributed by atoms with E-state index in [1.807, 2.05) is 11.8 Å². The maximum absolute atomic E-state index is 12.0. The standard InChI is InChI=1S/C12H22N2O4/c1-4-18-8-14-7-5-6-10(14)11(15)13-9(2)12(16)17-3/h9-10H,4-8H2,1-3H3,(H,13,15)/t9-,10-/m0/s1. The third-order valence-electron chi connectivity index (χ3n) is 3.04. The summed E-state index contributed by atoms with van der Waals surface area (Å²) in [7, 11) is 1.31. The molecule has 0 spiro atoms. The average Bonchev–Trinajstić information content (AvgIpc) is 2.83. The lowest BCUT2D eigenvalue weighted by Gasteiger charge is -2.24. The van der Waals surface area contributed by atoms with E-state index < -0.39 is 12.0 Å². The van der Waals surface area contributed by atoms with E-state index >= 15 is 0 Å². The number of rotatable bonds is 6. The summed E-state index contributed by atoms with van der Waals surface area (Å²) >= 11 is 0. The Bertz CT molecular complexity index is 296. The van der Waals surface area contributed by atoms with Crippen LogP contribution < -0.4 is 5.32 Å². The van der Waals surface area contributed by atoms with E-state index in [2.05, 4.69) is 10.1 Å². The number of carbonyl (C=O) groups excluding carboxylic acids is 2. The summed E-state index contributed by atoms with van der Waals surface area (Å²) in [6, 6.07) is -0.819. The van der Waals surface area contributed by atoms with Crippen molar-refractivity contribution >= 4 is 11.9 Å². The molecule has 0 bridgehead atoms. The Kier molecular flexibility index (Phi) is 6.07. The molecular formula is C12H22N2O4. The Morgan fingerprint density at radius 3 is 2.83 bits per heavy atom. The van der Waals surface area contributed by atoms with Crippen molar-refractivity contribution in [3.8, 4) is 0 Å². The number of amides is 1. The largest absolute Gasteiger partial charge is 0.467 e. The molecule has 1 saturated heterocycles. The number of hydrogen-bond acceptors (Lipinski definition) is 5. The minimum absolute atomic E-state index is 0.134. The van der Waals surface area contributed by atoms with E-state index in [4.69, 9.17) is 4.74 Å². The molecule has 18 heavy (non-hydrogen) atoms. The van der Waals surface area contributed by atoms with Crippen LogP contribution in [-0.2, 0) is 19.1 Å². The Labute approximate surface area is 108 Å². The van der Waals surface area contributed by atoms with Crippen molar-refractivity contribution in [1.29, 1.82) is 0 Å². The minimum Gasteiger partial charge on any atom is -0.467 e. The number of methoxy groups -OCH3 is 1. The molecule has 2 atom stereocenters. The molecule has 0 aromatic heterocycles. The number of nitrogens with one attached hydrogen (secondary N) is 1. The van der Waals surface area contributed by atoms with Gasteiger partial charge in [0, 0.05) is 13.2 Å². The van der Waals surface area contributed by atoms with E-state index in [0.29, 0.717) is 13.3 Å². The second-order valence-corrected chi connectivity index (χ2v) is 4.35. The quantitative estimate of drug-likeness (QED) is 0.686. The van der Waals surface area contributed by atoms with Crippen molar-refractivity contribution in [1.82, 2.24) is 10.2 Å². The monoisotopic (exact) mass is 258 g/mol. The molecule has 0 radical (unpaired) electrons. The van der Waals surface area contributed by atoms with Gasteiger partial charge in [0.25, 0.3) is 0 Å². The van der Waals surface area contributed by atoms with Gasteiger partial charge < -0.3 is 14.8 Å². The highest BCUT2D eigenvalue weighted by Crippen LogP contribution is 2.17. The van der Waals surface area contributed by atoms with Crippen molar-refractivity contribution in [2.45, 2.75) is 38.8 Å². The van der Waals surface area contributed by atoms with Gasteiger partial charge in [-0.15, -0.1) is 0 Å². The number of esters is 1. The fourth-order valence-electron chi connectivity index (χ4n) is 2.03. The fourth-order valence-corrected chi connectivity index (χ4v) is 2.03. The fraction of sp³-hybridized carbons (Fsp3) is 0.833. The maximum atomic E-state index is 12.0. The molecule has 0 saturated carbocycles. The summed E-state index contributed by atoms with van der Waals surface area (Å²) in [5, 5.41) is 2.67. The molecule has 104 valence electrons. The summed E-state index contributed by atoms with van der Waals surface area (Å²) in [5.74, 6) is -0.567. The Morgan fingerprint density at radius 1 is 1.50 bits per heavy atom. The number of ether oxygens (including phenoxy) is 2. The summed E-state index contributed by atoms with van der Waals surface area (Å²) in [4.78, 5) is 25.3. The smallest absolute Gasteiger partial charge is 0.328 e. The van der Waals surface area contributed by atoms with Crippen LogP contribution in [0.15, 0.2) is 0 Å². The summed E-state index contributed by atoms with van der Waals surface area (Å²) in [6.07, 6.45) is 1.77. The van der Waals surface area contributed by atoms with E-state index in [-0.39, 0.29) is 11.9 Å². The van der Waals surface area contributed by atoms with Crippen molar-refractivity contribution in [3.05, 3.63) is 0 Å². The predicted molar refractivity (Wildman–Crippen MR) is 65.8 cm³/mol. The van der Waals surface area contributed by atoms with Crippen LogP contribution in [0.25, 0.3) is 0 Å². The third kappa shape index (κ3) is 3.96. The van der Waals surface area contributed by atoms with Crippen LogP contribution in [0.3, 0.4) is 0 Å². The van der Waals surface area contributed by atoms with Gasteiger partial charge in [-0.1, -0.05) is 0 Å². The lowest BCUT2D eigenvalue weighted by molar-refractivity contribution is -0.145. The molecular weight excluding hydrogens is 236 g/mol. The summed E-state index contributed by atoms with van der Waals surface area (Å²) < 4.78 is 9.90. The zero-order valence-corrected chi connectivity index (χ0v) is 11.3. The van der Waals surface area contributed by atoms with Crippen LogP contribution >= 0.6 is 0 Å². The van der Waals surface area contributed by atoms with Crippen LogP contribution in [0.5, 0.6) is 0 Å². The maximum Gasteiger partial charge on any atom is 0.328 e. The number of nitrogens with zero attached hydrogens (tertiary/aromatic N) is 1. The molecule has 6 heteroatoms. The Morgan fingerprint density at radius 2 is 2.22 bits per heavy atom. The molecule has 6 nitrogen and oxygen atoms in total. The van der Waals surface area contributed by atoms with Gasteiger partial charge >= 0.3 is 5.97 Å². The predicted octanol–water partition coefficient (Wildman–Crippen LogP) is 0.123. The SMILES string of the molecule is CCOCN1CCC[C@H]1C(=O)N[C@@H](C)C(=O)OC. The zero-order chi connectivity index (χ0) is 13.5. The average molecular weight is 258 g/mol. The first-order valence-corrected chi connectivity index (χ1v) is 6.30. The van der Waals surface area contributed by atoms with E-state index in [9.17, 15) is 9.59 Å². The number of hydrogen-bond donors (Lipinski definition) is 1. The zero-order valence-electron chi connectivity index (χ0n) is 11.3. The first kappa shape index (κ1) is 14.9. The highest BCUT2D eigenvalue weighted by atomic mass is 16.5. The number of likely N-dealkylation sites (tertiary alicyclic amines) is 1. The van der Waals surface area contributed by atoms with E-state index in [1.165, 1.54) is 7.11 Å². The molecule has 0 aromatic carbocycles. The van der Waals surface area contributed by atoms with Crippen molar-refractivity contribution in [2.75, 3.05) is 27.0 Å². The van der Waals surface area contributed by atoms with E-state index in [0.717, 1.165) is 19.4 Å². The van der Waals surface area contributed by atoms with E-state index in [1.54, 1.807) is 6.92 Å². The van der Waals surface area contributed by atoms with Gasteiger partial charge in [0.2, 0.25) is 5.91 Å². The Balaban J connectivity index is 2.47. The lowest BCUT2D eigenvalue weighted by atomic mass is 10.2. The molecule has 1 fully saturated rings. The molecule has 0 aliphatic carbocycles. The van der Waals surface area contributed by atoms with Crippen molar-refractivity contribution in [2.24, 2.45) is 0 Å².